The normalized spacial score (nSPS) is 5.83. The van der Waals surface area contributed by atoms with Crippen LogP contribution in [0.4, 0.5) is 0 Å². The molecule has 4 N–H and O–H groups in total. The molecule has 4 nitrogen and oxygen atoms in total. The van der Waals surface area contributed by atoms with Crippen LogP contribution in [0.15, 0.2) is 0 Å². The summed E-state index contributed by atoms with van der Waals surface area (Å²) in [5.74, 6) is 0. The van der Waals surface area contributed by atoms with Gasteiger partial charge in [-0.1, -0.05) is 0 Å². The van der Waals surface area contributed by atoms with Crippen molar-refractivity contribution in [1.82, 2.24) is 0 Å². The van der Waals surface area contributed by atoms with Crippen LogP contribution in [0.3, 0.4) is 0 Å². The fraction of sp³-hybridized carbons (Fsp3) is 0. The second-order valence-electron chi connectivity index (χ2n) is 0.231. The molecule has 0 atom stereocenters. The summed E-state index contributed by atoms with van der Waals surface area (Å²) in [5.41, 5.74) is 0. The summed E-state index contributed by atoms with van der Waals surface area (Å²) in [6.07, 6.45) is 0. The van der Waals surface area contributed by atoms with Gasteiger partial charge in [0.2, 0.25) is 0 Å². The molecule has 0 unspecified atom stereocenters. The standard InChI is InChI=1S/Na.H2O3Se.H2O/c;1-4(2)3;/h;(H2,1,2,3);1H2/q+1;;. The summed E-state index contributed by atoms with van der Waals surface area (Å²) >= 11 is -3.29. The molecule has 34 valence electrons. The Kier molecular flexibility index (Phi) is 24.9. The Bertz CT molecular complexity index is 30.5. The van der Waals surface area contributed by atoms with Crippen molar-refractivity contribution in [2.45, 2.75) is 0 Å². The predicted molar refractivity (Wildman–Crippen MR) is 14.5 cm³/mol. The zero-order valence-electron chi connectivity index (χ0n) is 3.21. The molecule has 0 aliphatic heterocycles. The molecule has 0 aliphatic rings. The summed E-state index contributed by atoms with van der Waals surface area (Å²) in [6, 6.07) is 0. The molecule has 6 heteroatoms. The third kappa shape index (κ3) is 63.7. The molecule has 0 amide bonds. The van der Waals surface area contributed by atoms with Gasteiger partial charge in [0.05, 0.1) is 0 Å². The molecular formula is H4NaO4Se+. The largest absolute Gasteiger partial charge is 1.00 e. The van der Waals surface area contributed by atoms with E-state index in [4.69, 9.17) is 12.2 Å². The minimum atomic E-state index is -3.29. The second kappa shape index (κ2) is 9.50. The maximum atomic E-state index is 8.76. The minimum Gasteiger partial charge on any atom is 1.00 e. The molecule has 0 aromatic rings. The average Bonchev–Trinajstić information content (AvgIpc) is 0.811. The number of hydrogen-bond acceptors (Lipinski definition) is 1. The van der Waals surface area contributed by atoms with Crippen molar-refractivity contribution < 1.29 is 47.2 Å². The van der Waals surface area contributed by atoms with Crippen molar-refractivity contribution in [3.8, 4) is 0 Å². The van der Waals surface area contributed by atoms with Crippen LogP contribution in [0.25, 0.3) is 0 Å². The molecule has 0 bridgehead atoms. The van der Waals surface area contributed by atoms with Crippen LogP contribution in [-0.2, 0) is 3.83 Å². The van der Waals surface area contributed by atoms with Crippen molar-refractivity contribution in [3.63, 3.8) is 0 Å². The first-order valence-electron chi connectivity index (χ1n) is 0.532. The predicted octanol–water partition coefficient (Wildman–Crippen LogP) is -5.43. The summed E-state index contributed by atoms with van der Waals surface area (Å²) in [7, 11) is 0. The van der Waals surface area contributed by atoms with Gasteiger partial charge >= 0.3 is 56.3 Å². The van der Waals surface area contributed by atoms with Gasteiger partial charge in [-0.15, -0.1) is 0 Å². The summed E-state index contributed by atoms with van der Waals surface area (Å²) in [5, 5.41) is 0. The van der Waals surface area contributed by atoms with Crippen LogP contribution in [0.5, 0.6) is 0 Å². The Balaban J connectivity index is -0.0000000450. The molecule has 6 heavy (non-hydrogen) atoms. The molecule has 0 aromatic carbocycles. The Hall–Kier alpha value is 1.20. The topological polar surface area (TPSA) is 89.0 Å². The van der Waals surface area contributed by atoms with E-state index in [1.165, 1.54) is 0 Å². The summed E-state index contributed by atoms with van der Waals surface area (Å²) in [6.45, 7) is 0. The Morgan fingerprint density at radius 3 is 1.33 bits per heavy atom. The van der Waals surface area contributed by atoms with Gasteiger partial charge in [-0.05, 0) is 0 Å². The molecule has 0 fully saturated rings. The first-order valence-corrected chi connectivity index (χ1v) is 2.76. The van der Waals surface area contributed by atoms with Gasteiger partial charge in [-0.3, -0.25) is 0 Å². The van der Waals surface area contributed by atoms with Crippen LogP contribution in [0.2, 0.25) is 0 Å². The van der Waals surface area contributed by atoms with E-state index < -0.39 is 14.5 Å². The molecule has 0 saturated heterocycles. The van der Waals surface area contributed by atoms with E-state index in [0.29, 0.717) is 0 Å². The van der Waals surface area contributed by atoms with Crippen LogP contribution >= 0.6 is 0 Å². The minimum absolute atomic E-state index is 0. The van der Waals surface area contributed by atoms with Crippen molar-refractivity contribution in [1.29, 1.82) is 0 Å². The molecule has 0 radical (unpaired) electrons. The Morgan fingerprint density at radius 1 is 1.33 bits per heavy atom. The first-order chi connectivity index (χ1) is 1.73. The van der Waals surface area contributed by atoms with Crippen LogP contribution in [-0.4, -0.2) is 28.3 Å². The molecule has 0 spiro atoms. The average molecular weight is 170 g/mol. The molecule has 0 aromatic heterocycles. The second-order valence-corrected chi connectivity index (χ2v) is 1.20. The third-order valence-electron chi connectivity index (χ3n) is 0. The maximum Gasteiger partial charge on any atom is 1.00 e. The van der Waals surface area contributed by atoms with Gasteiger partial charge in [-0.2, -0.15) is 0 Å². The van der Waals surface area contributed by atoms with Crippen LogP contribution < -0.4 is 29.6 Å². The van der Waals surface area contributed by atoms with Gasteiger partial charge in [0.1, 0.15) is 0 Å². The quantitative estimate of drug-likeness (QED) is 0.355. The molecular weight excluding hydrogens is 166 g/mol. The van der Waals surface area contributed by atoms with Crippen molar-refractivity contribution >= 4 is 14.5 Å². The van der Waals surface area contributed by atoms with Gasteiger partial charge in [-0.25, -0.2) is 0 Å². The smallest absolute Gasteiger partial charge is 1.00 e. The Morgan fingerprint density at radius 2 is 1.33 bits per heavy atom. The van der Waals surface area contributed by atoms with Crippen LogP contribution in [0.1, 0.15) is 0 Å². The maximum absolute atomic E-state index is 8.76. The molecule has 0 rings (SSSR count). The van der Waals surface area contributed by atoms with Gasteiger partial charge in [0, 0.05) is 0 Å². The van der Waals surface area contributed by atoms with E-state index in [1.54, 1.807) is 0 Å². The van der Waals surface area contributed by atoms with Crippen molar-refractivity contribution in [3.05, 3.63) is 0 Å². The van der Waals surface area contributed by atoms with E-state index >= 15 is 0 Å². The first kappa shape index (κ1) is 15.7. The molecule has 0 heterocycles. The van der Waals surface area contributed by atoms with Gasteiger partial charge < -0.3 is 5.48 Å². The van der Waals surface area contributed by atoms with Crippen molar-refractivity contribution in [2.24, 2.45) is 0 Å². The van der Waals surface area contributed by atoms with E-state index in [2.05, 4.69) is 0 Å². The number of rotatable bonds is 0. The summed E-state index contributed by atoms with van der Waals surface area (Å²) < 4.78 is 23.1. The van der Waals surface area contributed by atoms with E-state index in [9.17, 15) is 0 Å². The molecule has 0 saturated carbocycles. The number of hydrogen-bond donors (Lipinski definition) is 2. The monoisotopic (exact) mass is 171 g/mol. The van der Waals surface area contributed by atoms with E-state index in [-0.39, 0.29) is 35.0 Å². The zero-order chi connectivity index (χ0) is 3.58. The Labute approximate surface area is 61.5 Å². The fourth-order valence-corrected chi connectivity index (χ4v) is 0. The van der Waals surface area contributed by atoms with Crippen molar-refractivity contribution in [2.75, 3.05) is 0 Å². The van der Waals surface area contributed by atoms with E-state index in [0.717, 1.165) is 0 Å². The zero-order valence-corrected chi connectivity index (χ0v) is 6.92. The van der Waals surface area contributed by atoms with E-state index in [1.807, 2.05) is 0 Å². The molecule has 0 aliphatic carbocycles. The third-order valence-corrected chi connectivity index (χ3v) is 0. The fourth-order valence-electron chi connectivity index (χ4n) is 0. The summed E-state index contributed by atoms with van der Waals surface area (Å²) in [4.78, 5) is 0. The van der Waals surface area contributed by atoms with Crippen LogP contribution in [0, 0.1) is 0 Å². The SMILES string of the molecule is O.O=[Se](O)O.[Na+]. The van der Waals surface area contributed by atoms with Gasteiger partial charge in [0.15, 0.2) is 0 Å². The van der Waals surface area contributed by atoms with Gasteiger partial charge in [0.25, 0.3) is 0 Å².